The SMILES string of the molecule is O=C(Cc1ccccc1Cl)c1ccc(F)cc1F. The molecular formula is C14H9ClF2O. The lowest BCUT2D eigenvalue weighted by molar-refractivity contribution is 0.0989. The van der Waals surface area contributed by atoms with Crippen LogP contribution in [0.4, 0.5) is 8.78 Å². The Morgan fingerprint density at radius 2 is 1.83 bits per heavy atom. The minimum atomic E-state index is -0.855. The second-order valence-corrected chi connectivity index (χ2v) is 4.22. The van der Waals surface area contributed by atoms with Gasteiger partial charge < -0.3 is 0 Å². The van der Waals surface area contributed by atoms with Gasteiger partial charge in [0.05, 0.1) is 5.56 Å². The van der Waals surface area contributed by atoms with Crippen molar-refractivity contribution >= 4 is 17.4 Å². The average molecular weight is 267 g/mol. The number of carbonyl (C=O) groups excluding carboxylic acids is 1. The molecule has 0 saturated heterocycles. The predicted octanol–water partition coefficient (Wildman–Crippen LogP) is 4.04. The molecule has 0 aromatic heterocycles. The molecule has 0 N–H and O–H groups in total. The Bertz CT molecular complexity index is 596. The highest BCUT2D eigenvalue weighted by molar-refractivity contribution is 6.31. The highest BCUT2D eigenvalue weighted by atomic mass is 35.5. The summed E-state index contributed by atoms with van der Waals surface area (Å²) in [7, 11) is 0. The summed E-state index contributed by atoms with van der Waals surface area (Å²) in [4.78, 5) is 11.9. The van der Waals surface area contributed by atoms with Gasteiger partial charge in [-0.2, -0.15) is 0 Å². The lowest BCUT2D eigenvalue weighted by Crippen LogP contribution is -2.06. The van der Waals surface area contributed by atoms with E-state index in [2.05, 4.69) is 0 Å². The van der Waals surface area contributed by atoms with Crippen LogP contribution in [0.25, 0.3) is 0 Å². The molecule has 0 aliphatic carbocycles. The Hall–Kier alpha value is -1.74. The monoisotopic (exact) mass is 266 g/mol. The van der Waals surface area contributed by atoms with Crippen molar-refractivity contribution in [2.45, 2.75) is 6.42 Å². The third kappa shape index (κ3) is 2.74. The minimum Gasteiger partial charge on any atom is -0.294 e. The van der Waals surface area contributed by atoms with Crippen LogP contribution in [0, 0.1) is 11.6 Å². The molecule has 0 fully saturated rings. The van der Waals surface area contributed by atoms with Crippen molar-refractivity contribution in [3.8, 4) is 0 Å². The van der Waals surface area contributed by atoms with E-state index in [0.717, 1.165) is 12.1 Å². The van der Waals surface area contributed by atoms with Crippen molar-refractivity contribution in [1.29, 1.82) is 0 Å². The Morgan fingerprint density at radius 3 is 2.50 bits per heavy atom. The van der Waals surface area contributed by atoms with Crippen LogP contribution in [0.2, 0.25) is 5.02 Å². The average Bonchev–Trinajstić information content (AvgIpc) is 2.32. The second-order valence-electron chi connectivity index (χ2n) is 3.82. The van der Waals surface area contributed by atoms with Crippen molar-refractivity contribution in [1.82, 2.24) is 0 Å². The van der Waals surface area contributed by atoms with E-state index in [4.69, 9.17) is 11.6 Å². The lowest BCUT2D eigenvalue weighted by atomic mass is 10.0. The fraction of sp³-hybridized carbons (Fsp3) is 0.0714. The van der Waals surface area contributed by atoms with Crippen LogP contribution in [-0.4, -0.2) is 5.78 Å². The van der Waals surface area contributed by atoms with Gasteiger partial charge in [0, 0.05) is 17.5 Å². The second kappa shape index (κ2) is 5.27. The van der Waals surface area contributed by atoms with Gasteiger partial charge in [-0.15, -0.1) is 0 Å². The number of halogens is 3. The molecule has 0 amide bonds. The summed E-state index contributed by atoms with van der Waals surface area (Å²) < 4.78 is 26.1. The Kier molecular flexibility index (Phi) is 3.72. The van der Waals surface area contributed by atoms with Crippen LogP contribution in [0.5, 0.6) is 0 Å². The van der Waals surface area contributed by atoms with Crippen molar-refractivity contribution in [2.24, 2.45) is 0 Å². The van der Waals surface area contributed by atoms with Gasteiger partial charge in [-0.25, -0.2) is 8.78 Å². The molecule has 4 heteroatoms. The number of Topliss-reactive ketones (excluding diaryl/α,β-unsaturated/α-hetero) is 1. The maximum Gasteiger partial charge on any atom is 0.170 e. The molecule has 0 spiro atoms. The highest BCUT2D eigenvalue weighted by Gasteiger charge is 2.14. The normalized spacial score (nSPS) is 10.4. The molecule has 0 atom stereocenters. The molecule has 0 unspecified atom stereocenters. The molecule has 2 aromatic carbocycles. The van der Waals surface area contributed by atoms with Crippen LogP contribution in [0.15, 0.2) is 42.5 Å². The third-order valence-corrected chi connectivity index (χ3v) is 2.91. The largest absolute Gasteiger partial charge is 0.294 e. The van der Waals surface area contributed by atoms with Gasteiger partial charge in [0.15, 0.2) is 5.78 Å². The zero-order chi connectivity index (χ0) is 13.1. The van der Waals surface area contributed by atoms with E-state index in [-0.39, 0.29) is 12.0 Å². The van der Waals surface area contributed by atoms with E-state index in [1.54, 1.807) is 24.3 Å². The molecule has 0 bridgehead atoms. The summed E-state index contributed by atoms with van der Waals surface area (Å²) in [6.45, 7) is 0. The first-order chi connectivity index (χ1) is 8.58. The van der Waals surface area contributed by atoms with Gasteiger partial charge in [-0.1, -0.05) is 29.8 Å². The highest BCUT2D eigenvalue weighted by Crippen LogP contribution is 2.18. The van der Waals surface area contributed by atoms with Gasteiger partial charge in [-0.05, 0) is 23.8 Å². The van der Waals surface area contributed by atoms with Crippen LogP contribution in [-0.2, 0) is 6.42 Å². The summed E-state index contributed by atoms with van der Waals surface area (Å²) in [6.07, 6.45) is -0.0117. The molecule has 92 valence electrons. The number of carbonyl (C=O) groups is 1. The zero-order valence-electron chi connectivity index (χ0n) is 9.29. The van der Waals surface area contributed by atoms with Gasteiger partial charge in [0.2, 0.25) is 0 Å². The molecular weight excluding hydrogens is 258 g/mol. The number of benzene rings is 2. The summed E-state index contributed by atoms with van der Waals surface area (Å²) in [6, 6.07) is 9.74. The minimum absolute atomic E-state index is 0.0117. The van der Waals surface area contributed by atoms with Crippen molar-refractivity contribution < 1.29 is 13.6 Å². The Morgan fingerprint density at radius 1 is 1.11 bits per heavy atom. The molecule has 0 saturated carbocycles. The third-order valence-electron chi connectivity index (χ3n) is 2.54. The van der Waals surface area contributed by atoms with E-state index in [1.165, 1.54) is 0 Å². The van der Waals surface area contributed by atoms with Crippen molar-refractivity contribution in [3.05, 3.63) is 70.2 Å². The van der Waals surface area contributed by atoms with Gasteiger partial charge in [0.1, 0.15) is 11.6 Å². The molecule has 1 nitrogen and oxygen atoms in total. The quantitative estimate of drug-likeness (QED) is 0.766. The van der Waals surface area contributed by atoms with Crippen LogP contribution < -0.4 is 0 Å². The predicted molar refractivity (Wildman–Crippen MR) is 65.8 cm³/mol. The van der Waals surface area contributed by atoms with Gasteiger partial charge in [0.25, 0.3) is 0 Å². The first-order valence-electron chi connectivity index (χ1n) is 5.29. The number of rotatable bonds is 3. The Balaban J connectivity index is 2.25. The van der Waals surface area contributed by atoms with Crippen molar-refractivity contribution in [2.75, 3.05) is 0 Å². The Labute approximate surface area is 108 Å². The van der Waals surface area contributed by atoms with Crippen LogP contribution >= 0.6 is 11.6 Å². The van der Waals surface area contributed by atoms with E-state index in [9.17, 15) is 13.6 Å². The summed E-state index contributed by atoms with van der Waals surface area (Å²) in [5.41, 5.74) is 0.490. The summed E-state index contributed by atoms with van der Waals surface area (Å²) in [5.74, 6) is -1.99. The smallest absolute Gasteiger partial charge is 0.170 e. The number of ketones is 1. The first-order valence-corrected chi connectivity index (χ1v) is 5.67. The maximum atomic E-state index is 13.4. The van der Waals surface area contributed by atoms with E-state index < -0.39 is 17.4 Å². The molecule has 0 heterocycles. The molecule has 2 aromatic rings. The fourth-order valence-corrected chi connectivity index (χ4v) is 1.83. The first kappa shape index (κ1) is 12.7. The fourth-order valence-electron chi connectivity index (χ4n) is 1.63. The van der Waals surface area contributed by atoms with E-state index in [0.29, 0.717) is 16.7 Å². The number of hydrogen-bond donors (Lipinski definition) is 0. The number of hydrogen-bond acceptors (Lipinski definition) is 1. The van der Waals surface area contributed by atoms with Gasteiger partial charge in [-0.3, -0.25) is 4.79 Å². The molecule has 0 radical (unpaired) electrons. The summed E-state index contributed by atoms with van der Waals surface area (Å²) in [5, 5.41) is 0.452. The molecule has 0 aliphatic heterocycles. The zero-order valence-corrected chi connectivity index (χ0v) is 10.0. The molecule has 2 rings (SSSR count). The van der Waals surface area contributed by atoms with Crippen molar-refractivity contribution in [3.63, 3.8) is 0 Å². The molecule has 18 heavy (non-hydrogen) atoms. The van der Waals surface area contributed by atoms with E-state index in [1.807, 2.05) is 0 Å². The lowest BCUT2D eigenvalue weighted by Gasteiger charge is -2.04. The maximum absolute atomic E-state index is 13.4. The van der Waals surface area contributed by atoms with Crippen LogP contribution in [0.3, 0.4) is 0 Å². The van der Waals surface area contributed by atoms with E-state index >= 15 is 0 Å². The topological polar surface area (TPSA) is 17.1 Å². The standard InChI is InChI=1S/C14H9ClF2O/c15-12-4-2-1-3-9(12)7-14(18)11-6-5-10(16)8-13(11)17/h1-6,8H,7H2. The van der Waals surface area contributed by atoms with Crippen LogP contribution in [0.1, 0.15) is 15.9 Å². The van der Waals surface area contributed by atoms with Gasteiger partial charge >= 0.3 is 0 Å². The molecule has 0 aliphatic rings. The summed E-state index contributed by atoms with van der Waals surface area (Å²) >= 11 is 5.91.